The Morgan fingerprint density at radius 2 is 1.78 bits per heavy atom. The topological polar surface area (TPSA) is 52.6 Å². The van der Waals surface area contributed by atoms with E-state index in [2.05, 4.69) is 0 Å². The number of rotatable bonds is 4. The largest absolute Gasteiger partial charge is 0.466 e. The lowest BCUT2D eigenvalue weighted by Crippen LogP contribution is -2.39. The summed E-state index contributed by atoms with van der Waals surface area (Å²) in [6, 6.07) is 0. The average molecular weight is 254 g/mol. The van der Waals surface area contributed by atoms with Gasteiger partial charge < -0.3 is 9.47 Å². The summed E-state index contributed by atoms with van der Waals surface area (Å²) in [5, 5.41) is 0. The van der Waals surface area contributed by atoms with E-state index in [9.17, 15) is 9.59 Å². The molecule has 0 saturated heterocycles. The molecule has 0 N–H and O–H groups in total. The Bertz CT molecular complexity index is 346. The van der Waals surface area contributed by atoms with Crippen molar-refractivity contribution < 1.29 is 19.1 Å². The first-order valence-electron chi connectivity index (χ1n) is 6.52. The van der Waals surface area contributed by atoms with Gasteiger partial charge in [0.25, 0.3) is 0 Å². The van der Waals surface area contributed by atoms with Gasteiger partial charge in [0, 0.05) is 0 Å². The molecule has 1 rings (SSSR count). The van der Waals surface area contributed by atoms with Crippen LogP contribution in [-0.4, -0.2) is 25.2 Å². The summed E-state index contributed by atoms with van der Waals surface area (Å²) in [6.45, 7) is 8.15. The van der Waals surface area contributed by atoms with Gasteiger partial charge in [-0.25, -0.2) is 0 Å². The van der Waals surface area contributed by atoms with Crippen molar-refractivity contribution in [3.8, 4) is 0 Å². The van der Waals surface area contributed by atoms with Crippen molar-refractivity contribution in [1.82, 2.24) is 0 Å². The molecule has 0 heterocycles. The maximum atomic E-state index is 12.0. The molecule has 0 aliphatic heterocycles. The zero-order chi connectivity index (χ0) is 13.7. The van der Waals surface area contributed by atoms with E-state index in [0.29, 0.717) is 19.6 Å². The summed E-state index contributed by atoms with van der Waals surface area (Å²) in [7, 11) is 0. The van der Waals surface area contributed by atoms with Crippen LogP contribution in [0.1, 0.15) is 34.1 Å². The molecule has 0 aromatic rings. The van der Waals surface area contributed by atoms with E-state index in [-0.39, 0.29) is 17.9 Å². The predicted molar refractivity (Wildman–Crippen MR) is 67.8 cm³/mol. The van der Waals surface area contributed by atoms with E-state index in [4.69, 9.17) is 9.47 Å². The molecule has 1 aliphatic carbocycles. The highest BCUT2D eigenvalue weighted by atomic mass is 16.5. The molecule has 0 saturated carbocycles. The van der Waals surface area contributed by atoms with Gasteiger partial charge in [-0.15, -0.1) is 0 Å². The van der Waals surface area contributed by atoms with Crippen molar-refractivity contribution in [3.63, 3.8) is 0 Å². The molecule has 0 bridgehead atoms. The fraction of sp³-hybridized carbons (Fsp3) is 0.714. The van der Waals surface area contributed by atoms with Crippen molar-refractivity contribution in [2.75, 3.05) is 13.2 Å². The van der Waals surface area contributed by atoms with Crippen molar-refractivity contribution in [2.45, 2.75) is 34.1 Å². The number of carbonyl (C=O) groups is 2. The highest BCUT2D eigenvalue weighted by molar-refractivity contribution is 5.83. The minimum atomic E-state index is -0.422. The van der Waals surface area contributed by atoms with Crippen LogP contribution < -0.4 is 0 Å². The van der Waals surface area contributed by atoms with Gasteiger partial charge in [0.2, 0.25) is 0 Å². The molecule has 0 amide bonds. The summed E-state index contributed by atoms with van der Waals surface area (Å²) >= 11 is 0. The lowest BCUT2D eigenvalue weighted by molar-refractivity contribution is -0.162. The van der Waals surface area contributed by atoms with Crippen LogP contribution in [0.5, 0.6) is 0 Å². The second-order valence-electron chi connectivity index (χ2n) is 4.61. The molecule has 0 fully saturated rings. The van der Waals surface area contributed by atoms with E-state index in [1.807, 2.05) is 19.9 Å². The van der Waals surface area contributed by atoms with Crippen LogP contribution in [-0.2, 0) is 19.1 Å². The second-order valence-corrected chi connectivity index (χ2v) is 4.61. The van der Waals surface area contributed by atoms with Gasteiger partial charge in [-0.2, -0.15) is 0 Å². The zero-order valence-electron chi connectivity index (χ0n) is 11.6. The Morgan fingerprint density at radius 1 is 1.22 bits per heavy atom. The normalized spacial score (nSPS) is 27.3. The molecule has 18 heavy (non-hydrogen) atoms. The van der Waals surface area contributed by atoms with Crippen molar-refractivity contribution in [3.05, 3.63) is 11.6 Å². The smallest absolute Gasteiger partial charge is 0.310 e. The van der Waals surface area contributed by atoms with Crippen LogP contribution in [0.2, 0.25) is 0 Å². The summed E-state index contributed by atoms with van der Waals surface area (Å²) in [5.74, 6) is -1.41. The predicted octanol–water partition coefficient (Wildman–Crippen LogP) is 2.33. The molecule has 4 heteroatoms. The van der Waals surface area contributed by atoms with E-state index >= 15 is 0 Å². The van der Waals surface area contributed by atoms with Gasteiger partial charge in [-0.05, 0) is 33.1 Å². The van der Waals surface area contributed by atoms with E-state index in [1.165, 1.54) is 0 Å². The van der Waals surface area contributed by atoms with Gasteiger partial charge in [0.1, 0.15) is 0 Å². The quantitative estimate of drug-likeness (QED) is 0.570. The van der Waals surface area contributed by atoms with E-state index in [1.54, 1.807) is 13.8 Å². The fourth-order valence-corrected chi connectivity index (χ4v) is 2.38. The van der Waals surface area contributed by atoms with Crippen molar-refractivity contribution >= 4 is 11.9 Å². The lowest BCUT2D eigenvalue weighted by Gasteiger charge is -2.32. The monoisotopic (exact) mass is 254 g/mol. The SMILES string of the molecule is CCOC(=O)C1CC=C(C)C(C)C1C(=O)OCC. The Kier molecular flexibility index (Phi) is 5.38. The Hall–Kier alpha value is -1.32. The molecule has 1 aliphatic rings. The van der Waals surface area contributed by atoms with Gasteiger partial charge in [-0.3, -0.25) is 9.59 Å². The lowest BCUT2D eigenvalue weighted by atomic mass is 9.73. The highest BCUT2D eigenvalue weighted by Gasteiger charge is 2.41. The highest BCUT2D eigenvalue weighted by Crippen LogP contribution is 2.36. The van der Waals surface area contributed by atoms with Gasteiger partial charge in [0.15, 0.2) is 0 Å². The minimum absolute atomic E-state index is 0.0206. The van der Waals surface area contributed by atoms with Gasteiger partial charge >= 0.3 is 11.9 Å². The molecule has 0 aromatic heterocycles. The van der Waals surface area contributed by atoms with Crippen LogP contribution in [0, 0.1) is 17.8 Å². The standard InChI is InChI=1S/C14H22O4/c1-5-17-13(15)11-8-7-9(3)10(4)12(11)14(16)18-6-2/h7,10-12H,5-6,8H2,1-4H3. The average Bonchev–Trinajstić information content (AvgIpc) is 2.32. The number of hydrogen-bond acceptors (Lipinski definition) is 4. The van der Waals surface area contributed by atoms with Crippen LogP contribution in [0.4, 0.5) is 0 Å². The number of esters is 2. The molecule has 4 nitrogen and oxygen atoms in total. The Balaban J connectivity index is 2.92. The van der Waals surface area contributed by atoms with Crippen LogP contribution in [0.15, 0.2) is 11.6 Å². The third-order valence-electron chi connectivity index (χ3n) is 3.53. The molecular weight excluding hydrogens is 232 g/mol. The molecule has 102 valence electrons. The Morgan fingerprint density at radius 3 is 2.33 bits per heavy atom. The fourth-order valence-electron chi connectivity index (χ4n) is 2.38. The molecule has 0 spiro atoms. The Labute approximate surface area is 108 Å². The van der Waals surface area contributed by atoms with Crippen LogP contribution >= 0.6 is 0 Å². The number of allylic oxidation sites excluding steroid dienone is 2. The van der Waals surface area contributed by atoms with Gasteiger partial charge in [-0.1, -0.05) is 18.6 Å². The number of carbonyl (C=O) groups excluding carboxylic acids is 2. The first-order valence-corrected chi connectivity index (χ1v) is 6.52. The summed E-state index contributed by atoms with van der Waals surface area (Å²) in [6.07, 6.45) is 2.57. The van der Waals surface area contributed by atoms with Crippen LogP contribution in [0.25, 0.3) is 0 Å². The maximum absolute atomic E-state index is 12.0. The molecule has 3 unspecified atom stereocenters. The minimum Gasteiger partial charge on any atom is -0.466 e. The number of hydrogen-bond donors (Lipinski definition) is 0. The van der Waals surface area contributed by atoms with E-state index < -0.39 is 11.8 Å². The van der Waals surface area contributed by atoms with Crippen LogP contribution in [0.3, 0.4) is 0 Å². The summed E-state index contributed by atoms with van der Waals surface area (Å²) < 4.78 is 10.1. The summed E-state index contributed by atoms with van der Waals surface area (Å²) in [4.78, 5) is 23.9. The first kappa shape index (κ1) is 14.7. The second kappa shape index (κ2) is 6.57. The number of ether oxygens (including phenoxy) is 2. The maximum Gasteiger partial charge on any atom is 0.310 e. The first-order chi connectivity index (χ1) is 8.52. The van der Waals surface area contributed by atoms with Gasteiger partial charge in [0.05, 0.1) is 25.0 Å². The molecular formula is C14H22O4. The molecule has 0 radical (unpaired) electrons. The third-order valence-corrected chi connectivity index (χ3v) is 3.53. The molecule has 0 aromatic carbocycles. The summed E-state index contributed by atoms with van der Waals surface area (Å²) in [5.41, 5.74) is 1.13. The van der Waals surface area contributed by atoms with Crippen molar-refractivity contribution in [1.29, 1.82) is 0 Å². The molecule has 3 atom stereocenters. The zero-order valence-corrected chi connectivity index (χ0v) is 11.6. The van der Waals surface area contributed by atoms with Crippen molar-refractivity contribution in [2.24, 2.45) is 17.8 Å². The van der Waals surface area contributed by atoms with E-state index in [0.717, 1.165) is 5.57 Å². The third kappa shape index (κ3) is 3.12.